The first-order chi connectivity index (χ1) is 13.1. The van der Waals surface area contributed by atoms with E-state index < -0.39 is 0 Å². The Labute approximate surface area is 157 Å². The smallest absolute Gasteiger partial charge is 0.254 e. The second-order valence-electron chi connectivity index (χ2n) is 6.84. The zero-order valence-corrected chi connectivity index (χ0v) is 14.9. The predicted octanol–water partition coefficient (Wildman–Crippen LogP) is 3.17. The first-order valence-corrected chi connectivity index (χ1v) is 9.14. The summed E-state index contributed by atoms with van der Waals surface area (Å²) in [5, 5.41) is 3.00. The van der Waals surface area contributed by atoms with Crippen LogP contribution in [0.2, 0.25) is 0 Å². The van der Waals surface area contributed by atoms with E-state index >= 15 is 0 Å². The molecule has 0 aromatic heterocycles. The van der Waals surface area contributed by atoms with E-state index in [1.54, 1.807) is 0 Å². The third-order valence-corrected chi connectivity index (χ3v) is 5.15. The van der Waals surface area contributed by atoms with Crippen molar-refractivity contribution >= 4 is 23.4 Å². The van der Waals surface area contributed by atoms with Gasteiger partial charge in [-0.1, -0.05) is 42.5 Å². The van der Waals surface area contributed by atoms with Gasteiger partial charge in [-0.25, -0.2) is 0 Å². The monoisotopic (exact) mass is 360 g/mol. The van der Waals surface area contributed by atoms with Gasteiger partial charge in [-0.15, -0.1) is 0 Å². The number of carbonyl (C=O) groups excluding carboxylic acids is 3. The Morgan fingerprint density at radius 2 is 1.74 bits per heavy atom. The number of fused-ring (bicyclic) bond motifs is 1. The quantitative estimate of drug-likeness (QED) is 0.833. The molecule has 5 heteroatoms. The Morgan fingerprint density at radius 1 is 1.00 bits per heavy atom. The van der Waals surface area contributed by atoms with E-state index in [2.05, 4.69) is 5.32 Å². The fraction of sp³-hybridized carbons (Fsp3) is 0.227. The summed E-state index contributed by atoms with van der Waals surface area (Å²) in [6.07, 6.45) is 5.14. The van der Waals surface area contributed by atoms with Gasteiger partial charge in [0.05, 0.1) is 6.04 Å². The van der Waals surface area contributed by atoms with Gasteiger partial charge < -0.3 is 5.32 Å². The van der Waals surface area contributed by atoms with Gasteiger partial charge in [0, 0.05) is 24.3 Å². The highest BCUT2D eigenvalue weighted by molar-refractivity contribution is 6.13. The third-order valence-electron chi connectivity index (χ3n) is 5.15. The lowest BCUT2D eigenvalue weighted by Gasteiger charge is -2.23. The molecule has 2 aromatic rings. The molecule has 4 rings (SSSR count). The molecule has 0 unspecified atom stereocenters. The molecule has 1 atom stereocenters. The molecule has 0 radical (unpaired) electrons. The van der Waals surface area contributed by atoms with E-state index in [1.165, 1.54) is 17.1 Å². The normalized spacial score (nSPS) is 18.1. The topological polar surface area (TPSA) is 66.5 Å². The van der Waals surface area contributed by atoms with Crippen LogP contribution in [0, 0.1) is 0 Å². The minimum atomic E-state index is -0.268. The number of nitrogens with zero attached hydrogens (tertiary/aromatic N) is 1. The van der Waals surface area contributed by atoms with Crippen LogP contribution in [0.25, 0.3) is 0 Å². The van der Waals surface area contributed by atoms with Crippen LogP contribution in [0.4, 0.5) is 5.69 Å². The van der Waals surface area contributed by atoms with Gasteiger partial charge in [-0.05, 0) is 42.0 Å². The maximum absolute atomic E-state index is 12.4. The van der Waals surface area contributed by atoms with Gasteiger partial charge in [-0.3, -0.25) is 19.3 Å². The molecule has 0 spiro atoms. The number of imide groups is 1. The molecule has 3 amide bonds. The summed E-state index contributed by atoms with van der Waals surface area (Å²) in [6.45, 7) is 0. The van der Waals surface area contributed by atoms with E-state index in [0.717, 1.165) is 28.8 Å². The van der Waals surface area contributed by atoms with E-state index in [-0.39, 0.29) is 23.8 Å². The number of hydrogen-bond acceptors (Lipinski definition) is 3. The fourth-order valence-electron chi connectivity index (χ4n) is 3.85. The number of amides is 3. The van der Waals surface area contributed by atoms with Crippen LogP contribution in [0.1, 0.15) is 35.6 Å². The Bertz CT molecular complexity index is 916. The molecule has 1 N–H and O–H groups in total. The molecule has 0 bridgehead atoms. The molecule has 0 fully saturated rings. The minimum absolute atomic E-state index is 0.0364. The summed E-state index contributed by atoms with van der Waals surface area (Å²) in [5.74, 6) is -0.573. The molecule has 0 saturated heterocycles. The van der Waals surface area contributed by atoms with Crippen LogP contribution in [0.5, 0.6) is 0 Å². The molecule has 0 saturated carbocycles. The summed E-state index contributed by atoms with van der Waals surface area (Å²) >= 11 is 0. The van der Waals surface area contributed by atoms with Crippen molar-refractivity contribution in [3.05, 3.63) is 77.4 Å². The van der Waals surface area contributed by atoms with Crippen LogP contribution < -0.4 is 5.32 Å². The van der Waals surface area contributed by atoms with Crippen LogP contribution in [0.15, 0.2) is 60.7 Å². The molecular formula is C22H20N2O3. The van der Waals surface area contributed by atoms with Gasteiger partial charge >= 0.3 is 0 Å². The highest BCUT2D eigenvalue weighted by Crippen LogP contribution is 2.40. The summed E-state index contributed by atoms with van der Waals surface area (Å²) in [5.41, 5.74) is 3.87. The average Bonchev–Trinajstić information content (AvgIpc) is 3.24. The molecule has 2 aromatic carbocycles. The van der Waals surface area contributed by atoms with Crippen LogP contribution in [0.3, 0.4) is 0 Å². The Hall–Kier alpha value is -3.21. The highest BCUT2D eigenvalue weighted by atomic mass is 16.2. The average molecular weight is 360 g/mol. The number of hydrogen-bond donors (Lipinski definition) is 1. The van der Waals surface area contributed by atoms with Crippen molar-refractivity contribution in [1.29, 1.82) is 0 Å². The van der Waals surface area contributed by atoms with Gasteiger partial charge in [-0.2, -0.15) is 0 Å². The molecule has 136 valence electrons. The van der Waals surface area contributed by atoms with Crippen molar-refractivity contribution in [2.45, 2.75) is 31.7 Å². The van der Waals surface area contributed by atoms with Crippen molar-refractivity contribution in [3.8, 4) is 0 Å². The van der Waals surface area contributed by atoms with Crippen molar-refractivity contribution < 1.29 is 14.4 Å². The molecule has 5 nitrogen and oxygen atoms in total. The van der Waals surface area contributed by atoms with Crippen LogP contribution in [-0.2, 0) is 27.2 Å². The maximum atomic E-state index is 12.4. The summed E-state index contributed by atoms with van der Waals surface area (Å²) in [7, 11) is 0. The maximum Gasteiger partial charge on any atom is 0.254 e. The number of rotatable bonds is 5. The van der Waals surface area contributed by atoms with Crippen molar-refractivity contribution in [3.63, 3.8) is 0 Å². The van der Waals surface area contributed by atoms with Gasteiger partial charge in [0.2, 0.25) is 5.91 Å². The Kier molecular flexibility index (Phi) is 4.59. The third kappa shape index (κ3) is 3.40. The lowest BCUT2D eigenvalue weighted by Crippen LogP contribution is -2.33. The van der Waals surface area contributed by atoms with E-state index in [4.69, 9.17) is 0 Å². The Morgan fingerprint density at radius 3 is 2.48 bits per heavy atom. The van der Waals surface area contributed by atoms with Crippen LogP contribution >= 0.6 is 0 Å². The summed E-state index contributed by atoms with van der Waals surface area (Å²) in [4.78, 5) is 37.7. The number of nitrogens with one attached hydrogen (secondary N) is 1. The molecule has 2 aliphatic rings. The number of benzene rings is 2. The number of aryl methyl sites for hydroxylation is 1. The highest BCUT2D eigenvalue weighted by Gasteiger charge is 2.36. The second-order valence-corrected chi connectivity index (χ2v) is 6.84. The van der Waals surface area contributed by atoms with Crippen molar-refractivity contribution in [2.24, 2.45) is 0 Å². The first kappa shape index (κ1) is 17.2. The number of carbonyl (C=O) groups is 3. The SMILES string of the molecule is O=C(CCc1ccccc1)Nc1cccc2c1CC[C@@H]2N1C(=O)C=CC1=O. The van der Waals surface area contributed by atoms with Crippen molar-refractivity contribution in [2.75, 3.05) is 5.32 Å². The van der Waals surface area contributed by atoms with Gasteiger partial charge in [0.25, 0.3) is 11.8 Å². The zero-order chi connectivity index (χ0) is 18.8. The summed E-state index contributed by atoms with van der Waals surface area (Å²) < 4.78 is 0. The second kappa shape index (κ2) is 7.19. The van der Waals surface area contributed by atoms with Gasteiger partial charge in [0.1, 0.15) is 0 Å². The fourth-order valence-corrected chi connectivity index (χ4v) is 3.85. The van der Waals surface area contributed by atoms with Crippen molar-refractivity contribution in [1.82, 2.24) is 4.90 Å². The zero-order valence-electron chi connectivity index (χ0n) is 14.9. The van der Waals surface area contributed by atoms with Crippen LogP contribution in [-0.4, -0.2) is 22.6 Å². The standard InChI is InChI=1S/C22H20N2O3/c25-20(12-9-15-5-2-1-3-6-15)23-18-8-4-7-17-16(18)10-11-19(17)24-21(26)13-14-22(24)27/h1-8,13-14,19H,9-12H2,(H,23,25)/t19-/m0/s1. The lowest BCUT2D eigenvalue weighted by molar-refractivity contribution is -0.139. The lowest BCUT2D eigenvalue weighted by atomic mass is 10.0. The molecule has 1 heterocycles. The molecule has 27 heavy (non-hydrogen) atoms. The number of anilines is 1. The minimum Gasteiger partial charge on any atom is -0.326 e. The van der Waals surface area contributed by atoms with E-state index in [9.17, 15) is 14.4 Å². The first-order valence-electron chi connectivity index (χ1n) is 9.14. The molecule has 1 aliphatic heterocycles. The molecular weight excluding hydrogens is 340 g/mol. The van der Waals surface area contributed by atoms with E-state index in [1.807, 2.05) is 48.5 Å². The Balaban J connectivity index is 1.47. The predicted molar refractivity (Wildman–Crippen MR) is 102 cm³/mol. The summed E-state index contributed by atoms with van der Waals surface area (Å²) in [6, 6.07) is 15.3. The van der Waals surface area contributed by atoms with Gasteiger partial charge in [0.15, 0.2) is 0 Å². The van der Waals surface area contributed by atoms with E-state index in [0.29, 0.717) is 19.3 Å². The molecule has 1 aliphatic carbocycles. The largest absolute Gasteiger partial charge is 0.326 e.